The predicted octanol–water partition coefficient (Wildman–Crippen LogP) is 11.8. The highest BCUT2D eigenvalue weighted by Crippen LogP contribution is 2.42. The molecule has 0 N–H and O–H groups in total. The lowest BCUT2D eigenvalue weighted by Gasteiger charge is -2.35. The number of para-hydroxylation sites is 1. The third kappa shape index (κ3) is 6.15. The Kier molecular flexibility index (Phi) is 8.90. The summed E-state index contributed by atoms with van der Waals surface area (Å²) < 4.78 is 6.68. The number of benzene rings is 9. The average Bonchev–Trinajstić information content (AvgIpc) is 3.66. The molecule has 0 amide bonds. The topological polar surface area (TPSA) is 16.4 Å². The Bertz CT molecular complexity index is 2830. The van der Waals surface area contributed by atoms with Crippen LogP contribution in [0.3, 0.4) is 0 Å². The maximum absolute atomic E-state index is 6.68. The van der Waals surface area contributed by atoms with Crippen molar-refractivity contribution in [1.29, 1.82) is 0 Å². The van der Waals surface area contributed by atoms with Crippen LogP contribution in [0, 0.1) is 0 Å². The van der Waals surface area contributed by atoms with E-state index in [1.165, 1.54) is 26.3 Å². The van der Waals surface area contributed by atoms with Crippen molar-refractivity contribution >= 4 is 67.8 Å². The van der Waals surface area contributed by atoms with E-state index < -0.39 is 8.07 Å². The molecule has 0 bridgehead atoms. The number of fused-ring (bicyclic) bond motifs is 3. The molecule has 2 nitrogen and oxygen atoms in total. The molecule has 10 rings (SSSR count). The van der Waals surface area contributed by atoms with Crippen LogP contribution in [0.5, 0.6) is 0 Å². The molecule has 0 aliphatic heterocycles. The van der Waals surface area contributed by atoms with Gasteiger partial charge < -0.3 is 9.32 Å². The van der Waals surface area contributed by atoms with Gasteiger partial charge >= 0.3 is 0 Å². The van der Waals surface area contributed by atoms with Gasteiger partial charge in [0.15, 0.2) is 8.07 Å². The van der Waals surface area contributed by atoms with Crippen molar-refractivity contribution < 1.29 is 4.42 Å². The lowest BCUT2D eigenvalue weighted by atomic mass is 10.0. The molecule has 0 aliphatic carbocycles. The van der Waals surface area contributed by atoms with E-state index in [1.54, 1.807) is 0 Å². The fourth-order valence-corrected chi connectivity index (χ4v) is 13.3. The molecule has 0 aliphatic rings. The summed E-state index contributed by atoms with van der Waals surface area (Å²) in [5, 5.41) is 7.60. The molecule has 3 heteroatoms. The number of nitrogens with zero attached hydrogens (tertiary/aromatic N) is 1. The summed E-state index contributed by atoms with van der Waals surface area (Å²) in [6.45, 7) is 0. The van der Waals surface area contributed by atoms with E-state index >= 15 is 0 Å². The monoisotopic (exact) mass is 745 g/mol. The number of hydrogen-bond acceptors (Lipinski definition) is 2. The van der Waals surface area contributed by atoms with E-state index in [0.717, 1.165) is 55.7 Å². The van der Waals surface area contributed by atoms with Crippen LogP contribution < -0.4 is 25.6 Å². The molecule has 9 aromatic carbocycles. The number of rotatable bonds is 9. The van der Waals surface area contributed by atoms with E-state index in [0.29, 0.717) is 0 Å². The second-order valence-corrected chi connectivity index (χ2v) is 18.3. The van der Waals surface area contributed by atoms with Crippen molar-refractivity contribution in [3.63, 3.8) is 0 Å². The molecular formula is C54H39NOSi. The third-order valence-corrected chi connectivity index (χ3v) is 16.0. The van der Waals surface area contributed by atoms with Crippen LogP contribution in [-0.4, -0.2) is 8.07 Å². The van der Waals surface area contributed by atoms with Crippen molar-refractivity contribution in [1.82, 2.24) is 0 Å². The van der Waals surface area contributed by atoms with Gasteiger partial charge in [0.05, 0.1) is 5.69 Å². The molecule has 1 aromatic heterocycles. The van der Waals surface area contributed by atoms with Gasteiger partial charge in [-0.1, -0.05) is 188 Å². The zero-order valence-corrected chi connectivity index (χ0v) is 32.4. The van der Waals surface area contributed by atoms with Gasteiger partial charge in [0.1, 0.15) is 11.2 Å². The summed E-state index contributed by atoms with van der Waals surface area (Å²) in [7, 11) is -2.70. The lowest BCUT2D eigenvalue weighted by molar-refractivity contribution is 0.669. The first-order chi connectivity index (χ1) is 28.3. The average molecular weight is 746 g/mol. The first-order valence-electron chi connectivity index (χ1n) is 19.5. The summed E-state index contributed by atoms with van der Waals surface area (Å²) in [6, 6.07) is 85.7. The molecule has 270 valence electrons. The number of anilines is 3. The van der Waals surface area contributed by atoms with E-state index in [9.17, 15) is 0 Å². The van der Waals surface area contributed by atoms with Crippen LogP contribution in [0.25, 0.3) is 44.2 Å². The van der Waals surface area contributed by atoms with Crippen LogP contribution >= 0.6 is 0 Å². The second kappa shape index (κ2) is 14.8. The van der Waals surface area contributed by atoms with Crippen LogP contribution in [0.1, 0.15) is 0 Å². The Morgan fingerprint density at radius 3 is 1.33 bits per heavy atom. The first kappa shape index (κ1) is 34.3. The van der Waals surface area contributed by atoms with Crippen LogP contribution in [-0.2, 0) is 0 Å². The zero-order valence-electron chi connectivity index (χ0n) is 31.4. The fourth-order valence-electron chi connectivity index (χ4n) is 8.60. The summed E-state index contributed by atoms with van der Waals surface area (Å²) in [6.07, 6.45) is 0. The molecule has 1 heterocycles. The summed E-state index contributed by atoms with van der Waals surface area (Å²) in [5.41, 5.74) is 9.56. The molecule has 10 aromatic rings. The van der Waals surface area contributed by atoms with Gasteiger partial charge in [-0.15, -0.1) is 0 Å². The van der Waals surface area contributed by atoms with E-state index in [2.05, 4.69) is 235 Å². The molecule has 0 unspecified atom stereocenters. The summed E-state index contributed by atoms with van der Waals surface area (Å²) >= 11 is 0. The molecule has 0 atom stereocenters. The SMILES string of the molecule is c1ccc(-c2ccc3c(c2)oc2cc(N(c4ccc([Si](c5ccccc5)(c5ccccc5)c5ccccc5)cc4)c4ccccc4-c4ccccc4)ccc23)cc1. The molecule has 0 radical (unpaired) electrons. The van der Waals surface area contributed by atoms with Crippen molar-refractivity contribution in [2.75, 3.05) is 4.90 Å². The largest absolute Gasteiger partial charge is 0.456 e. The minimum atomic E-state index is -2.70. The predicted molar refractivity (Wildman–Crippen MR) is 243 cm³/mol. The quantitative estimate of drug-likeness (QED) is 0.108. The number of hydrogen-bond donors (Lipinski definition) is 0. The van der Waals surface area contributed by atoms with Crippen molar-refractivity contribution in [2.45, 2.75) is 0 Å². The standard InChI is InChI=1S/C54H39NOSi/c1-6-18-40(19-7-1)42-30-36-50-51-37-33-44(39-54(51)56-53(50)38-42)55(52-29-17-16-28-49(52)41-20-8-2-9-21-41)43-31-34-48(35-32-43)57(45-22-10-3-11-23-45,46-24-12-4-13-25-46)47-26-14-5-15-27-47/h1-39H. The molecule has 57 heavy (non-hydrogen) atoms. The Morgan fingerprint density at radius 1 is 0.316 bits per heavy atom. The van der Waals surface area contributed by atoms with E-state index in [1.807, 2.05) is 6.07 Å². The van der Waals surface area contributed by atoms with E-state index in [-0.39, 0.29) is 0 Å². The van der Waals surface area contributed by atoms with Crippen molar-refractivity contribution in [3.8, 4) is 22.3 Å². The minimum absolute atomic E-state index is 0.857. The van der Waals surface area contributed by atoms with Crippen LogP contribution in [0.4, 0.5) is 17.1 Å². The lowest BCUT2D eigenvalue weighted by Crippen LogP contribution is -2.74. The Labute approximate surface area is 334 Å². The third-order valence-electron chi connectivity index (χ3n) is 11.2. The van der Waals surface area contributed by atoms with Gasteiger partial charge in [0.25, 0.3) is 0 Å². The molecule has 0 saturated heterocycles. The van der Waals surface area contributed by atoms with Gasteiger partial charge in [0.2, 0.25) is 0 Å². The van der Waals surface area contributed by atoms with Crippen LogP contribution in [0.2, 0.25) is 0 Å². The Hall–Kier alpha value is -7.20. The van der Waals surface area contributed by atoms with Crippen LogP contribution in [0.15, 0.2) is 241 Å². The normalized spacial score (nSPS) is 11.5. The van der Waals surface area contributed by atoms with Gasteiger partial charge in [-0.2, -0.15) is 0 Å². The zero-order chi connectivity index (χ0) is 38.0. The highest BCUT2D eigenvalue weighted by Gasteiger charge is 2.41. The summed E-state index contributed by atoms with van der Waals surface area (Å²) in [5.74, 6) is 0. The van der Waals surface area contributed by atoms with Gasteiger partial charge in [-0.25, -0.2) is 0 Å². The maximum Gasteiger partial charge on any atom is 0.179 e. The molecule has 0 saturated carbocycles. The number of furan rings is 1. The Balaban J connectivity index is 1.16. The van der Waals surface area contributed by atoms with E-state index in [4.69, 9.17) is 4.42 Å². The van der Waals surface area contributed by atoms with Gasteiger partial charge in [-0.3, -0.25) is 0 Å². The van der Waals surface area contributed by atoms with Gasteiger partial charge in [-0.05, 0) is 79.9 Å². The van der Waals surface area contributed by atoms with Crippen molar-refractivity contribution in [2.24, 2.45) is 0 Å². The highest BCUT2D eigenvalue weighted by molar-refractivity contribution is 7.19. The Morgan fingerprint density at radius 2 is 0.754 bits per heavy atom. The highest BCUT2D eigenvalue weighted by atomic mass is 28.3. The minimum Gasteiger partial charge on any atom is -0.456 e. The van der Waals surface area contributed by atoms with Gasteiger partial charge in [0, 0.05) is 33.8 Å². The second-order valence-electron chi connectivity index (χ2n) is 14.5. The fraction of sp³-hybridized carbons (Fsp3) is 0. The molecule has 0 fully saturated rings. The maximum atomic E-state index is 6.68. The van der Waals surface area contributed by atoms with Crippen molar-refractivity contribution in [3.05, 3.63) is 237 Å². The first-order valence-corrected chi connectivity index (χ1v) is 21.5. The molecule has 0 spiro atoms. The smallest absolute Gasteiger partial charge is 0.179 e. The summed E-state index contributed by atoms with van der Waals surface area (Å²) in [4.78, 5) is 2.38. The molecular weight excluding hydrogens is 707 g/mol.